The number of hydrogen-bond donors (Lipinski definition) is 1. The van der Waals surface area contributed by atoms with E-state index in [4.69, 9.17) is 11.6 Å². The third-order valence-electron chi connectivity index (χ3n) is 4.28. The van der Waals surface area contributed by atoms with Gasteiger partial charge in [-0.25, -0.2) is 0 Å². The lowest BCUT2D eigenvalue weighted by atomic mass is 9.90. The Morgan fingerprint density at radius 3 is 2.24 bits per heavy atom. The fraction of sp³-hybridized carbons (Fsp3) is 0.368. The number of rotatable bonds is 4. The molecule has 2 aromatic rings. The molecule has 0 aliphatic rings. The Balaban J connectivity index is 2.38. The van der Waals surface area contributed by atoms with Crippen molar-refractivity contribution < 1.29 is 0 Å². The summed E-state index contributed by atoms with van der Waals surface area (Å²) in [5, 5.41) is 4.28. The number of likely N-dealkylation sites (N-methyl/N-ethyl adjacent to an activating group) is 1. The van der Waals surface area contributed by atoms with Crippen LogP contribution in [0.25, 0.3) is 0 Å². The SMILES string of the molecule is CNC(Cc1c(C)cc(C)cc1C)c1cccc(Cl)c1C. The van der Waals surface area contributed by atoms with Gasteiger partial charge in [0.2, 0.25) is 0 Å². The van der Waals surface area contributed by atoms with Crippen LogP contribution in [-0.2, 0) is 6.42 Å². The molecule has 2 heteroatoms. The van der Waals surface area contributed by atoms with Gasteiger partial charge in [0.25, 0.3) is 0 Å². The van der Waals surface area contributed by atoms with Crippen LogP contribution in [0.1, 0.15) is 39.4 Å². The summed E-state index contributed by atoms with van der Waals surface area (Å²) < 4.78 is 0. The maximum absolute atomic E-state index is 6.27. The van der Waals surface area contributed by atoms with Crippen LogP contribution in [-0.4, -0.2) is 7.05 Å². The van der Waals surface area contributed by atoms with E-state index in [9.17, 15) is 0 Å². The first-order valence-electron chi connectivity index (χ1n) is 7.43. The van der Waals surface area contributed by atoms with Crippen LogP contribution in [0.3, 0.4) is 0 Å². The second-order valence-corrected chi connectivity index (χ2v) is 6.28. The lowest BCUT2D eigenvalue weighted by Gasteiger charge is -2.22. The van der Waals surface area contributed by atoms with Gasteiger partial charge in [0.1, 0.15) is 0 Å². The first-order valence-corrected chi connectivity index (χ1v) is 7.80. The summed E-state index contributed by atoms with van der Waals surface area (Å²) in [4.78, 5) is 0. The zero-order chi connectivity index (χ0) is 15.6. The van der Waals surface area contributed by atoms with Crippen LogP contribution >= 0.6 is 11.6 Å². The smallest absolute Gasteiger partial charge is 0.0438 e. The molecule has 0 radical (unpaired) electrons. The van der Waals surface area contributed by atoms with E-state index in [0.29, 0.717) is 0 Å². The van der Waals surface area contributed by atoms with E-state index in [1.54, 1.807) is 0 Å². The highest BCUT2D eigenvalue weighted by Crippen LogP contribution is 2.28. The Kier molecular flexibility index (Phi) is 5.08. The van der Waals surface area contributed by atoms with E-state index in [1.165, 1.54) is 33.4 Å². The molecule has 112 valence electrons. The van der Waals surface area contributed by atoms with Gasteiger partial charge in [0, 0.05) is 11.1 Å². The molecule has 2 aromatic carbocycles. The average Bonchev–Trinajstić information content (AvgIpc) is 2.42. The number of aryl methyl sites for hydroxylation is 3. The van der Waals surface area contributed by atoms with Gasteiger partial charge in [-0.15, -0.1) is 0 Å². The zero-order valence-electron chi connectivity index (χ0n) is 13.5. The summed E-state index contributed by atoms with van der Waals surface area (Å²) in [5.41, 5.74) is 7.94. The highest BCUT2D eigenvalue weighted by molar-refractivity contribution is 6.31. The van der Waals surface area contributed by atoms with Crippen molar-refractivity contribution in [1.82, 2.24) is 5.32 Å². The molecule has 1 atom stereocenters. The molecular formula is C19H24ClN. The molecule has 0 aliphatic carbocycles. The van der Waals surface area contributed by atoms with Gasteiger partial charge in [0.15, 0.2) is 0 Å². The molecule has 0 saturated heterocycles. The summed E-state index contributed by atoms with van der Waals surface area (Å²) in [6.45, 7) is 8.65. The van der Waals surface area contributed by atoms with E-state index in [-0.39, 0.29) is 6.04 Å². The van der Waals surface area contributed by atoms with Crippen LogP contribution in [0.5, 0.6) is 0 Å². The maximum Gasteiger partial charge on any atom is 0.0438 e. The Morgan fingerprint density at radius 2 is 1.67 bits per heavy atom. The Bertz CT molecular complexity index is 623. The van der Waals surface area contributed by atoms with Crippen molar-refractivity contribution >= 4 is 11.6 Å². The van der Waals surface area contributed by atoms with Crippen molar-refractivity contribution in [2.75, 3.05) is 7.05 Å². The Hall–Kier alpha value is -1.31. The second-order valence-electron chi connectivity index (χ2n) is 5.88. The molecule has 0 fully saturated rings. The molecule has 1 unspecified atom stereocenters. The molecule has 0 amide bonds. The lowest BCUT2D eigenvalue weighted by Crippen LogP contribution is -2.21. The van der Waals surface area contributed by atoms with Crippen molar-refractivity contribution in [3.05, 3.63) is 68.7 Å². The molecule has 21 heavy (non-hydrogen) atoms. The third kappa shape index (κ3) is 3.48. The minimum Gasteiger partial charge on any atom is -0.313 e. The zero-order valence-corrected chi connectivity index (χ0v) is 14.3. The second kappa shape index (κ2) is 6.64. The van der Waals surface area contributed by atoms with Crippen molar-refractivity contribution in [3.63, 3.8) is 0 Å². The van der Waals surface area contributed by atoms with E-state index in [1.807, 2.05) is 19.2 Å². The van der Waals surface area contributed by atoms with Gasteiger partial charge in [-0.05, 0) is 75.0 Å². The summed E-state index contributed by atoms with van der Waals surface area (Å²) in [5.74, 6) is 0. The quantitative estimate of drug-likeness (QED) is 0.830. The van der Waals surface area contributed by atoms with Gasteiger partial charge in [-0.2, -0.15) is 0 Å². The minimum absolute atomic E-state index is 0.281. The highest BCUT2D eigenvalue weighted by Gasteiger charge is 2.16. The van der Waals surface area contributed by atoms with Gasteiger partial charge in [0.05, 0.1) is 0 Å². The van der Waals surface area contributed by atoms with Crippen molar-refractivity contribution in [2.24, 2.45) is 0 Å². The molecule has 0 aliphatic heterocycles. The molecule has 0 aromatic heterocycles. The monoisotopic (exact) mass is 301 g/mol. The molecule has 0 spiro atoms. The van der Waals surface area contributed by atoms with Crippen molar-refractivity contribution in [3.8, 4) is 0 Å². The van der Waals surface area contributed by atoms with Crippen LogP contribution < -0.4 is 5.32 Å². The molecule has 0 saturated carbocycles. The van der Waals surface area contributed by atoms with Crippen LogP contribution in [0, 0.1) is 27.7 Å². The van der Waals surface area contributed by atoms with Gasteiger partial charge in [-0.1, -0.05) is 41.4 Å². The largest absolute Gasteiger partial charge is 0.313 e. The molecule has 2 rings (SSSR count). The van der Waals surface area contributed by atoms with Gasteiger partial charge < -0.3 is 5.32 Å². The van der Waals surface area contributed by atoms with Gasteiger partial charge in [-0.3, -0.25) is 0 Å². The highest BCUT2D eigenvalue weighted by atomic mass is 35.5. The van der Waals surface area contributed by atoms with Crippen LogP contribution in [0.15, 0.2) is 30.3 Å². The maximum atomic E-state index is 6.27. The first-order chi connectivity index (χ1) is 9.93. The summed E-state index contributed by atoms with van der Waals surface area (Å²) in [6, 6.07) is 11.0. The fourth-order valence-corrected chi connectivity index (χ4v) is 3.29. The predicted molar refractivity (Wildman–Crippen MR) is 92.3 cm³/mol. The molecule has 0 bridgehead atoms. The summed E-state index contributed by atoms with van der Waals surface area (Å²) in [6.07, 6.45) is 0.982. The molecule has 1 N–H and O–H groups in total. The average molecular weight is 302 g/mol. The van der Waals surface area contributed by atoms with E-state index in [2.05, 4.69) is 51.2 Å². The number of hydrogen-bond acceptors (Lipinski definition) is 1. The Morgan fingerprint density at radius 1 is 1.05 bits per heavy atom. The van der Waals surface area contributed by atoms with Crippen molar-refractivity contribution in [1.29, 1.82) is 0 Å². The third-order valence-corrected chi connectivity index (χ3v) is 4.69. The molecular weight excluding hydrogens is 278 g/mol. The number of benzene rings is 2. The van der Waals surface area contributed by atoms with Gasteiger partial charge >= 0.3 is 0 Å². The molecule has 1 nitrogen and oxygen atoms in total. The predicted octanol–water partition coefficient (Wildman–Crippen LogP) is 5.08. The standard InChI is InChI=1S/C19H24ClN/c1-12-9-13(2)17(14(3)10-12)11-19(21-5)16-7-6-8-18(20)15(16)4/h6-10,19,21H,11H2,1-5H3. The van der Waals surface area contributed by atoms with Crippen LogP contribution in [0.2, 0.25) is 5.02 Å². The van der Waals surface area contributed by atoms with E-state index < -0.39 is 0 Å². The number of halogens is 1. The van der Waals surface area contributed by atoms with E-state index >= 15 is 0 Å². The topological polar surface area (TPSA) is 12.0 Å². The van der Waals surface area contributed by atoms with Crippen molar-refractivity contribution in [2.45, 2.75) is 40.2 Å². The summed E-state index contributed by atoms with van der Waals surface area (Å²) >= 11 is 6.27. The minimum atomic E-state index is 0.281. The van der Waals surface area contributed by atoms with Crippen LogP contribution in [0.4, 0.5) is 0 Å². The molecule has 0 heterocycles. The normalized spacial score (nSPS) is 12.5. The number of nitrogens with one attached hydrogen (secondary N) is 1. The first kappa shape index (κ1) is 16.1. The fourth-order valence-electron chi connectivity index (χ4n) is 3.11. The van der Waals surface area contributed by atoms with E-state index in [0.717, 1.165) is 11.4 Å². The summed E-state index contributed by atoms with van der Waals surface area (Å²) in [7, 11) is 2.02. The Labute approximate surface area is 133 Å². The lowest BCUT2D eigenvalue weighted by molar-refractivity contribution is 0.586.